The molecular formula is C15H27N3O. The number of nitrogens with one attached hydrogen (secondary N) is 1. The summed E-state index contributed by atoms with van der Waals surface area (Å²) in [5, 5.41) is 3.44. The van der Waals surface area contributed by atoms with Gasteiger partial charge in [-0.15, -0.1) is 0 Å². The van der Waals surface area contributed by atoms with Crippen LogP contribution in [0.2, 0.25) is 0 Å². The molecule has 2 bridgehead atoms. The predicted molar refractivity (Wildman–Crippen MR) is 76.0 cm³/mol. The number of hydrogen-bond donors (Lipinski definition) is 1. The number of piperidine rings is 2. The Bertz CT molecular complexity index is 313. The summed E-state index contributed by atoms with van der Waals surface area (Å²) in [7, 11) is 2.07. The van der Waals surface area contributed by atoms with Crippen molar-refractivity contribution in [3.8, 4) is 0 Å². The highest BCUT2D eigenvalue weighted by Gasteiger charge is 2.39. The number of nitrogens with zero attached hydrogens (tertiary/aromatic N) is 2. The minimum Gasteiger partial charge on any atom is -0.342 e. The smallest absolute Gasteiger partial charge is 0.236 e. The maximum Gasteiger partial charge on any atom is 0.236 e. The molecule has 4 nitrogen and oxygen atoms in total. The molecule has 1 N–H and O–H groups in total. The Morgan fingerprint density at radius 3 is 2.32 bits per heavy atom. The summed E-state index contributed by atoms with van der Waals surface area (Å²) in [5.41, 5.74) is 0. The van der Waals surface area contributed by atoms with Crippen molar-refractivity contribution in [2.24, 2.45) is 0 Å². The van der Waals surface area contributed by atoms with E-state index in [-0.39, 0.29) is 0 Å². The summed E-state index contributed by atoms with van der Waals surface area (Å²) >= 11 is 0. The average molecular weight is 265 g/mol. The minimum atomic E-state index is 0.373. The van der Waals surface area contributed by atoms with Gasteiger partial charge in [-0.05, 0) is 45.6 Å². The van der Waals surface area contributed by atoms with Crippen LogP contribution in [0.5, 0.6) is 0 Å². The van der Waals surface area contributed by atoms with E-state index >= 15 is 0 Å². The van der Waals surface area contributed by atoms with Crippen LogP contribution in [0.15, 0.2) is 0 Å². The van der Waals surface area contributed by atoms with E-state index in [4.69, 9.17) is 0 Å². The molecule has 0 aromatic carbocycles. The van der Waals surface area contributed by atoms with Gasteiger partial charge in [-0.2, -0.15) is 0 Å². The third kappa shape index (κ3) is 2.79. The van der Waals surface area contributed by atoms with Crippen LogP contribution in [0, 0.1) is 0 Å². The van der Waals surface area contributed by atoms with Crippen LogP contribution in [-0.2, 0) is 4.79 Å². The molecular weight excluding hydrogens is 238 g/mol. The third-order valence-electron chi connectivity index (χ3n) is 5.31. The van der Waals surface area contributed by atoms with Crippen molar-refractivity contribution in [1.82, 2.24) is 15.1 Å². The van der Waals surface area contributed by atoms with Crippen LogP contribution in [0.3, 0.4) is 0 Å². The van der Waals surface area contributed by atoms with Gasteiger partial charge < -0.3 is 10.2 Å². The average Bonchev–Trinajstić information content (AvgIpc) is 2.92. The van der Waals surface area contributed by atoms with Crippen molar-refractivity contribution in [3.05, 3.63) is 0 Å². The van der Waals surface area contributed by atoms with Gasteiger partial charge >= 0.3 is 0 Å². The maximum absolute atomic E-state index is 12.4. The SMILES string of the molecule is CN[C@@H]1C[C@H]2CCC[C@@H](C1)N2CC(=O)N1CCCC1. The fraction of sp³-hybridized carbons (Fsp3) is 0.933. The van der Waals surface area contributed by atoms with E-state index in [1.165, 1.54) is 44.9 Å². The second kappa shape index (κ2) is 5.80. The number of likely N-dealkylation sites (tertiary alicyclic amines) is 1. The molecule has 3 aliphatic heterocycles. The molecule has 0 aliphatic carbocycles. The molecule has 3 heterocycles. The zero-order chi connectivity index (χ0) is 13.2. The van der Waals surface area contributed by atoms with Gasteiger partial charge in [0, 0.05) is 31.2 Å². The molecule has 3 saturated heterocycles. The molecule has 0 spiro atoms. The van der Waals surface area contributed by atoms with E-state index in [9.17, 15) is 4.79 Å². The largest absolute Gasteiger partial charge is 0.342 e. The highest BCUT2D eigenvalue weighted by molar-refractivity contribution is 5.78. The molecule has 0 aromatic heterocycles. The standard InChI is InChI=1S/C15H27N3O/c1-16-12-9-13-5-4-6-14(10-12)18(13)11-15(19)17-7-2-3-8-17/h12-14,16H,2-11H2,1H3/t12-,13-,14+. The Balaban J connectivity index is 1.62. The van der Waals surface area contributed by atoms with Gasteiger partial charge in [-0.25, -0.2) is 0 Å². The Hall–Kier alpha value is -0.610. The van der Waals surface area contributed by atoms with Gasteiger partial charge in [-0.1, -0.05) is 6.42 Å². The monoisotopic (exact) mass is 265 g/mol. The van der Waals surface area contributed by atoms with E-state index in [1.807, 2.05) is 0 Å². The molecule has 0 unspecified atom stereocenters. The first-order valence-corrected chi connectivity index (χ1v) is 7.98. The number of rotatable bonds is 3. The minimum absolute atomic E-state index is 0.373. The number of carbonyl (C=O) groups excluding carboxylic acids is 1. The van der Waals surface area contributed by atoms with Crippen molar-refractivity contribution in [2.75, 3.05) is 26.7 Å². The van der Waals surface area contributed by atoms with Crippen LogP contribution in [0.1, 0.15) is 44.9 Å². The lowest BCUT2D eigenvalue weighted by molar-refractivity contribution is -0.134. The zero-order valence-electron chi connectivity index (χ0n) is 12.1. The predicted octanol–water partition coefficient (Wildman–Crippen LogP) is 1.21. The van der Waals surface area contributed by atoms with E-state index in [1.54, 1.807) is 0 Å². The highest BCUT2D eigenvalue weighted by atomic mass is 16.2. The summed E-state index contributed by atoms with van der Waals surface area (Å²) in [5.74, 6) is 0.373. The fourth-order valence-corrected chi connectivity index (χ4v) is 4.20. The van der Waals surface area contributed by atoms with Gasteiger partial charge in [0.2, 0.25) is 5.91 Å². The first kappa shape index (κ1) is 13.4. The van der Waals surface area contributed by atoms with Crippen LogP contribution >= 0.6 is 0 Å². The van der Waals surface area contributed by atoms with Gasteiger partial charge in [-0.3, -0.25) is 9.69 Å². The lowest BCUT2D eigenvalue weighted by atomic mass is 9.82. The van der Waals surface area contributed by atoms with Crippen LogP contribution < -0.4 is 5.32 Å². The van der Waals surface area contributed by atoms with Crippen LogP contribution in [0.25, 0.3) is 0 Å². The Morgan fingerprint density at radius 1 is 1.11 bits per heavy atom. The summed E-state index contributed by atoms with van der Waals surface area (Å²) < 4.78 is 0. The molecule has 3 aliphatic rings. The van der Waals surface area contributed by atoms with E-state index in [0.717, 1.165) is 13.1 Å². The van der Waals surface area contributed by atoms with Gasteiger partial charge in [0.25, 0.3) is 0 Å². The van der Waals surface area contributed by atoms with Crippen molar-refractivity contribution in [1.29, 1.82) is 0 Å². The number of fused-ring (bicyclic) bond motifs is 2. The Kier molecular flexibility index (Phi) is 4.08. The van der Waals surface area contributed by atoms with E-state index < -0.39 is 0 Å². The zero-order valence-corrected chi connectivity index (χ0v) is 12.1. The number of amides is 1. The molecule has 19 heavy (non-hydrogen) atoms. The summed E-state index contributed by atoms with van der Waals surface area (Å²) in [4.78, 5) is 17.0. The Morgan fingerprint density at radius 2 is 1.74 bits per heavy atom. The van der Waals surface area contributed by atoms with Gasteiger partial charge in [0.1, 0.15) is 0 Å². The van der Waals surface area contributed by atoms with Gasteiger partial charge in [0.15, 0.2) is 0 Å². The first-order valence-electron chi connectivity index (χ1n) is 7.98. The fourth-order valence-electron chi connectivity index (χ4n) is 4.20. The molecule has 3 fully saturated rings. The van der Waals surface area contributed by atoms with Gasteiger partial charge in [0.05, 0.1) is 6.54 Å². The molecule has 0 radical (unpaired) electrons. The lowest BCUT2D eigenvalue weighted by Crippen LogP contribution is -2.58. The lowest BCUT2D eigenvalue weighted by Gasteiger charge is -2.48. The molecule has 3 rings (SSSR count). The second-order valence-electron chi connectivity index (χ2n) is 6.46. The second-order valence-corrected chi connectivity index (χ2v) is 6.46. The summed E-state index contributed by atoms with van der Waals surface area (Å²) in [6.45, 7) is 2.65. The summed E-state index contributed by atoms with van der Waals surface area (Å²) in [6, 6.07) is 1.93. The molecule has 3 atom stereocenters. The third-order valence-corrected chi connectivity index (χ3v) is 5.31. The highest BCUT2D eigenvalue weighted by Crippen LogP contribution is 2.33. The normalized spacial score (nSPS) is 35.6. The molecule has 4 heteroatoms. The van der Waals surface area contributed by atoms with Crippen molar-refractivity contribution in [2.45, 2.75) is 63.1 Å². The molecule has 0 saturated carbocycles. The summed E-state index contributed by atoms with van der Waals surface area (Å²) in [6.07, 6.45) is 8.74. The van der Waals surface area contributed by atoms with E-state index in [2.05, 4.69) is 22.2 Å². The van der Waals surface area contributed by atoms with E-state index in [0.29, 0.717) is 30.6 Å². The molecule has 1 amide bonds. The molecule has 108 valence electrons. The number of hydrogen-bond acceptors (Lipinski definition) is 3. The maximum atomic E-state index is 12.4. The molecule has 0 aromatic rings. The van der Waals surface area contributed by atoms with Crippen LogP contribution in [0.4, 0.5) is 0 Å². The van der Waals surface area contributed by atoms with Crippen molar-refractivity contribution >= 4 is 5.91 Å². The number of carbonyl (C=O) groups is 1. The van der Waals surface area contributed by atoms with Crippen molar-refractivity contribution < 1.29 is 4.79 Å². The Labute approximate surface area is 116 Å². The topological polar surface area (TPSA) is 35.6 Å². The quantitative estimate of drug-likeness (QED) is 0.833. The van der Waals surface area contributed by atoms with Crippen LogP contribution in [-0.4, -0.2) is 60.5 Å². The van der Waals surface area contributed by atoms with Crippen molar-refractivity contribution in [3.63, 3.8) is 0 Å². The first-order chi connectivity index (χ1) is 9.28.